The van der Waals surface area contributed by atoms with Gasteiger partial charge < -0.3 is 15.3 Å². The van der Waals surface area contributed by atoms with Crippen LogP contribution in [-0.4, -0.2) is 65.7 Å². The van der Waals surface area contributed by atoms with Gasteiger partial charge in [0.15, 0.2) is 11.5 Å². The highest BCUT2D eigenvalue weighted by atomic mass is 19.4. The molecule has 2 N–H and O–H groups in total. The Morgan fingerprint density at radius 2 is 1.70 bits per heavy atom. The zero-order valence-electron chi connectivity index (χ0n) is 19.3. The van der Waals surface area contributed by atoms with E-state index in [0.29, 0.717) is 18.8 Å². The molecule has 5 rings (SSSR count). The minimum atomic E-state index is -5.08. The SMILES string of the molecule is O=C(O)C(F)(F)F.O=C(c1cnccn1)N1CCC(c2nc3ccc(Nc4ccccc4)cn3n2)CC1. The number of aliphatic carboxylic acids is 1. The van der Waals surface area contributed by atoms with Crippen molar-refractivity contribution in [2.45, 2.75) is 24.9 Å². The predicted octanol–water partition coefficient (Wildman–Crippen LogP) is 3.92. The maximum atomic E-state index is 12.6. The normalized spacial score (nSPS) is 14.1. The van der Waals surface area contributed by atoms with Crippen LogP contribution in [0.2, 0.25) is 0 Å². The fourth-order valence-corrected chi connectivity index (χ4v) is 3.75. The lowest BCUT2D eigenvalue weighted by Gasteiger charge is -2.30. The van der Waals surface area contributed by atoms with Crippen molar-refractivity contribution >= 4 is 28.9 Å². The summed E-state index contributed by atoms with van der Waals surface area (Å²) in [6.45, 7) is 1.33. The minimum Gasteiger partial charge on any atom is -0.475 e. The summed E-state index contributed by atoms with van der Waals surface area (Å²) in [4.78, 5) is 36.1. The summed E-state index contributed by atoms with van der Waals surface area (Å²) in [6, 6.07) is 14.0. The predicted molar refractivity (Wildman–Crippen MR) is 126 cm³/mol. The van der Waals surface area contributed by atoms with Crippen LogP contribution in [0.5, 0.6) is 0 Å². The second-order valence-electron chi connectivity index (χ2n) is 8.14. The zero-order valence-corrected chi connectivity index (χ0v) is 19.3. The van der Waals surface area contributed by atoms with Crippen molar-refractivity contribution in [2.75, 3.05) is 18.4 Å². The standard InChI is InChI=1S/C22H21N7O.C2HF3O2/c30-22(19-14-23-10-11-24-19)28-12-8-16(9-13-28)21-26-20-7-6-18(15-29(20)27-21)25-17-4-2-1-3-5-17;3-2(4,5)1(6)7/h1-7,10-11,14-16,25H,8-9,12-13H2;(H,6,7). The number of alkyl halides is 3. The number of aromatic nitrogens is 5. The Bertz CT molecular complexity index is 1360. The quantitative estimate of drug-likeness (QED) is 0.421. The second kappa shape index (κ2) is 11.0. The number of carboxylic acid groups (broad SMARTS) is 1. The highest BCUT2D eigenvalue weighted by Gasteiger charge is 2.38. The van der Waals surface area contributed by atoms with Gasteiger partial charge in [-0.2, -0.15) is 18.3 Å². The van der Waals surface area contributed by atoms with Gasteiger partial charge in [0, 0.05) is 37.1 Å². The molecule has 4 heterocycles. The van der Waals surface area contributed by atoms with Crippen LogP contribution in [0, 0.1) is 0 Å². The Kier molecular flexibility index (Phi) is 7.60. The van der Waals surface area contributed by atoms with Crippen LogP contribution >= 0.6 is 0 Å². The van der Waals surface area contributed by atoms with E-state index in [0.717, 1.165) is 35.7 Å². The molecular weight excluding hydrogens is 491 g/mol. The number of para-hydroxylation sites is 1. The summed E-state index contributed by atoms with van der Waals surface area (Å²) >= 11 is 0. The Balaban J connectivity index is 0.000000405. The highest BCUT2D eigenvalue weighted by Crippen LogP contribution is 2.27. The summed E-state index contributed by atoms with van der Waals surface area (Å²) in [6.07, 6.45) is 3.15. The van der Waals surface area contributed by atoms with E-state index in [1.165, 1.54) is 6.20 Å². The van der Waals surface area contributed by atoms with Crippen molar-refractivity contribution in [3.05, 3.63) is 78.8 Å². The number of carbonyl (C=O) groups excluding carboxylic acids is 1. The van der Waals surface area contributed by atoms with Gasteiger partial charge >= 0.3 is 12.1 Å². The van der Waals surface area contributed by atoms with Gasteiger partial charge in [-0.15, -0.1) is 0 Å². The monoisotopic (exact) mass is 513 g/mol. The number of piperidine rings is 1. The second-order valence-corrected chi connectivity index (χ2v) is 8.14. The van der Waals surface area contributed by atoms with Gasteiger partial charge in [-0.1, -0.05) is 18.2 Å². The number of anilines is 2. The summed E-state index contributed by atoms with van der Waals surface area (Å²) in [7, 11) is 0. The first kappa shape index (κ1) is 25.5. The van der Waals surface area contributed by atoms with Crippen molar-refractivity contribution < 1.29 is 27.9 Å². The molecule has 13 heteroatoms. The fraction of sp³-hybridized carbons (Fsp3) is 0.250. The zero-order chi connectivity index (χ0) is 26.4. The summed E-state index contributed by atoms with van der Waals surface area (Å²) in [5, 5.41) is 15.2. The summed E-state index contributed by atoms with van der Waals surface area (Å²) in [5.74, 6) is -1.76. The summed E-state index contributed by atoms with van der Waals surface area (Å²) < 4.78 is 33.6. The molecule has 1 aromatic carbocycles. The number of hydrogen-bond donors (Lipinski definition) is 2. The molecule has 0 bridgehead atoms. The van der Waals surface area contributed by atoms with Crippen LogP contribution in [0.1, 0.15) is 35.1 Å². The van der Waals surface area contributed by atoms with Crippen LogP contribution in [0.25, 0.3) is 5.65 Å². The van der Waals surface area contributed by atoms with Crippen molar-refractivity contribution in [1.82, 2.24) is 29.5 Å². The van der Waals surface area contributed by atoms with Crippen LogP contribution in [-0.2, 0) is 4.79 Å². The van der Waals surface area contributed by atoms with E-state index in [9.17, 15) is 18.0 Å². The molecule has 0 atom stereocenters. The number of carboxylic acids is 1. The van der Waals surface area contributed by atoms with Gasteiger partial charge in [0.05, 0.1) is 18.1 Å². The van der Waals surface area contributed by atoms with Crippen molar-refractivity contribution in [1.29, 1.82) is 0 Å². The van der Waals surface area contributed by atoms with E-state index in [2.05, 4.69) is 15.3 Å². The molecule has 0 radical (unpaired) electrons. The molecule has 4 aromatic rings. The van der Waals surface area contributed by atoms with Gasteiger partial charge in [-0.05, 0) is 37.1 Å². The van der Waals surface area contributed by atoms with Crippen molar-refractivity contribution in [3.8, 4) is 0 Å². The lowest BCUT2D eigenvalue weighted by atomic mass is 9.96. The number of amides is 1. The number of benzene rings is 1. The lowest BCUT2D eigenvalue weighted by molar-refractivity contribution is -0.192. The lowest BCUT2D eigenvalue weighted by Crippen LogP contribution is -2.38. The van der Waals surface area contributed by atoms with Gasteiger partial charge in [0.1, 0.15) is 5.69 Å². The molecule has 0 spiro atoms. The highest BCUT2D eigenvalue weighted by molar-refractivity contribution is 5.92. The molecule has 0 unspecified atom stereocenters. The number of halogens is 3. The molecule has 0 saturated carbocycles. The Labute approximate surface area is 208 Å². The van der Waals surface area contributed by atoms with Gasteiger partial charge in [0.2, 0.25) is 0 Å². The third-order valence-electron chi connectivity index (χ3n) is 5.58. The summed E-state index contributed by atoms with van der Waals surface area (Å²) in [5.41, 5.74) is 3.19. The number of nitrogens with one attached hydrogen (secondary N) is 1. The smallest absolute Gasteiger partial charge is 0.475 e. The number of carbonyl (C=O) groups is 2. The van der Waals surface area contributed by atoms with E-state index in [4.69, 9.17) is 20.0 Å². The first-order valence-corrected chi connectivity index (χ1v) is 11.2. The molecule has 1 aliphatic heterocycles. The molecule has 1 saturated heterocycles. The molecule has 10 nitrogen and oxygen atoms in total. The average Bonchev–Trinajstić information content (AvgIpc) is 3.33. The third-order valence-corrected chi connectivity index (χ3v) is 5.58. The molecule has 1 amide bonds. The van der Waals surface area contributed by atoms with Crippen LogP contribution in [0.4, 0.5) is 24.5 Å². The van der Waals surface area contributed by atoms with Gasteiger partial charge in [0.25, 0.3) is 5.91 Å². The Morgan fingerprint density at radius 1 is 1.00 bits per heavy atom. The number of rotatable bonds is 4. The van der Waals surface area contributed by atoms with Crippen molar-refractivity contribution in [2.24, 2.45) is 0 Å². The Hall–Kier alpha value is -4.55. The van der Waals surface area contributed by atoms with Crippen LogP contribution < -0.4 is 5.32 Å². The topological polar surface area (TPSA) is 126 Å². The van der Waals surface area contributed by atoms with Crippen molar-refractivity contribution in [3.63, 3.8) is 0 Å². The number of pyridine rings is 1. The largest absolute Gasteiger partial charge is 0.490 e. The van der Waals surface area contributed by atoms with E-state index >= 15 is 0 Å². The molecule has 0 aliphatic carbocycles. The maximum Gasteiger partial charge on any atom is 0.490 e. The van der Waals surface area contributed by atoms with E-state index in [1.807, 2.05) is 58.1 Å². The van der Waals surface area contributed by atoms with E-state index in [1.54, 1.807) is 12.4 Å². The fourth-order valence-electron chi connectivity index (χ4n) is 3.75. The molecule has 1 fully saturated rings. The minimum absolute atomic E-state index is 0.0684. The maximum absolute atomic E-state index is 12.6. The molecular formula is C24H22F3N7O3. The Morgan fingerprint density at radius 3 is 2.32 bits per heavy atom. The average molecular weight is 513 g/mol. The number of fused-ring (bicyclic) bond motifs is 1. The van der Waals surface area contributed by atoms with E-state index in [-0.39, 0.29) is 11.8 Å². The number of likely N-dealkylation sites (tertiary alicyclic amines) is 1. The number of hydrogen-bond acceptors (Lipinski definition) is 7. The number of nitrogens with zero attached hydrogens (tertiary/aromatic N) is 6. The third kappa shape index (κ3) is 6.57. The van der Waals surface area contributed by atoms with Gasteiger partial charge in [-0.25, -0.2) is 19.3 Å². The first-order chi connectivity index (χ1) is 17.7. The van der Waals surface area contributed by atoms with Gasteiger partial charge in [-0.3, -0.25) is 9.78 Å². The molecule has 37 heavy (non-hydrogen) atoms. The molecule has 1 aliphatic rings. The first-order valence-electron chi connectivity index (χ1n) is 11.2. The molecule has 3 aromatic heterocycles. The van der Waals surface area contributed by atoms with Crippen LogP contribution in [0.15, 0.2) is 67.3 Å². The van der Waals surface area contributed by atoms with E-state index < -0.39 is 12.1 Å². The van der Waals surface area contributed by atoms with Crippen LogP contribution in [0.3, 0.4) is 0 Å². The molecule has 192 valence electrons.